The molecule has 0 saturated heterocycles. The molecule has 0 amide bonds. The number of ether oxygens (including phenoxy) is 1. The number of nitrogens with two attached hydrogens (primary N) is 1. The molecule has 0 fully saturated rings. The Morgan fingerprint density at radius 1 is 1.33 bits per heavy atom. The third kappa shape index (κ3) is 2.11. The second-order valence-electron chi connectivity index (χ2n) is 4.20. The summed E-state index contributed by atoms with van der Waals surface area (Å²) in [6.07, 6.45) is 0. The van der Waals surface area contributed by atoms with Crippen molar-refractivity contribution in [2.75, 3.05) is 7.11 Å². The normalized spacial score (nSPS) is 12.5. The number of hydrogen-bond donors (Lipinski definition) is 1. The minimum Gasteiger partial charge on any atom is -0.496 e. The first-order chi connectivity index (χ1) is 8.54. The maximum absolute atomic E-state index is 13.9. The maximum Gasteiger partial charge on any atom is 0.132 e. The van der Waals surface area contributed by atoms with Crippen LogP contribution in [0.3, 0.4) is 0 Å². The molecule has 96 valence electrons. The highest BCUT2D eigenvalue weighted by atomic mass is 19.1. The van der Waals surface area contributed by atoms with E-state index in [2.05, 4.69) is 0 Å². The van der Waals surface area contributed by atoms with Gasteiger partial charge in [-0.2, -0.15) is 0 Å². The smallest absolute Gasteiger partial charge is 0.132 e. The van der Waals surface area contributed by atoms with Gasteiger partial charge in [-0.05, 0) is 32.0 Å². The van der Waals surface area contributed by atoms with Crippen LogP contribution in [0.15, 0.2) is 28.7 Å². The molecule has 1 aromatic heterocycles. The fourth-order valence-corrected chi connectivity index (χ4v) is 2.11. The van der Waals surface area contributed by atoms with E-state index in [1.807, 2.05) is 19.9 Å². The molecule has 0 bridgehead atoms. The van der Waals surface area contributed by atoms with Gasteiger partial charge in [0.2, 0.25) is 0 Å². The number of furan rings is 1. The molecule has 1 unspecified atom stereocenters. The van der Waals surface area contributed by atoms with Crippen LogP contribution in [0.1, 0.15) is 28.7 Å². The van der Waals surface area contributed by atoms with Crippen LogP contribution < -0.4 is 10.5 Å². The highest BCUT2D eigenvalue weighted by Gasteiger charge is 2.22. The summed E-state index contributed by atoms with van der Waals surface area (Å²) >= 11 is 0. The Balaban J connectivity index is 2.52. The zero-order chi connectivity index (χ0) is 13.3. The molecule has 2 rings (SSSR count). The quantitative estimate of drug-likeness (QED) is 0.909. The Hall–Kier alpha value is -1.81. The van der Waals surface area contributed by atoms with Gasteiger partial charge in [-0.1, -0.05) is 6.07 Å². The van der Waals surface area contributed by atoms with Crippen molar-refractivity contribution in [1.29, 1.82) is 0 Å². The van der Waals surface area contributed by atoms with E-state index < -0.39 is 6.04 Å². The SMILES string of the molecule is COc1cccc(F)c1C(N)c1cc(C)oc1C. The van der Waals surface area contributed by atoms with E-state index in [1.54, 1.807) is 12.1 Å². The van der Waals surface area contributed by atoms with Gasteiger partial charge in [0.25, 0.3) is 0 Å². The lowest BCUT2D eigenvalue weighted by Crippen LogP contribution is -2.15. The molecule has 3 nitrogen and oxygen atoms in total. The fourth-order valence-electron chi connectivity index (χ4n) is 2.11. The summed E-state index contributed by atoms with van der Waals surface area (Å²) in [5.74, 6) is 1.53. The number of halogens is 1. The summed E-state index contributed by atoms with van der Waals surface area (Å²) in [6.45, 7) is 3.65. The van der Waals surface area contributed by atoms with Crippen molar-refractivity contribution >= 4 is 0 Å². The van der Waals surface area contributed by atoms with Crippen molar-refractivity contribution in [3.63, 3.8) is 0 Å². The fraction of sp³-hybridized carbons (Fsp3) is 0.286. The highest BCUT2D eigenvalue weighted by molar-refractivity contribution is 5.43. The van der Waals surface area contributed by atoms with Crippen LogP contribution in [0.25, 0.3) is 0 Å². The Kier molecular flexibility index (Phi) is 3.39. The van der Waals surface area contributed by atoms with Gasteiger partial charge in [-0.25, -0.2) is 4.39 Å². The predicted molar refractivity (Wildman–Crippen MR) is 67.2 cm³/mol. The van der Waals surface area contributed by atoms with Gasteiger partial charge in [-0.15, -0.1) is 0 Å². The summed E-state index contributed by atoms with van der Waals surface area (Å²) in [6, 6.07) is 5.89. The van der Waals surface area contributed by atoms with Crippen molar-refractivity contribution in [3.8, 4) is 5.75 Å². The maximum atomic E-state index is 13.9. The van der Waals surface area contributed by atoms with Gasteiger partial charge in [0.1, 0.15) is 23.1 Å². The average molecular weight is 249 g/mol. The summed E-state index contributed by atoms with van der Waals surface area (Å²) in [5.41, 5.74) is 7.25. The zero-order valence-electron chi connectivity index (χ0n) is 10.7. The van der Waals surface area contributed by atoms with Crippen LogP contribution in [-0.4, -0.2) is 7.11 Å². The first kappa shape index (κ1) is 12.6. The van der Waals surface area contributed by atoms with Gasteiger partial charge in [0.05, 0.1) is 18.7 Å². The van der Waals surface area contributed by atoms with Gasteiger partial charge in [0.15, 0.2) is 0 Å². The van der Waals surface area contributed by atoms with Gasteiger partial charge in [0, 0.05) is 5.56 Å². The molecule has 0 radical (unpaired) electrons. The van der Waals surface area contributed by atoms with E-state index in [0.29, 0.717) is 17.1 Å². The lowest BCUT2D eigenvalue weighted by molar-refractivity contribution is 0.401. The lowest BCUT2D eigenvalue weighted by Gasteiger charge is -2.16. The third-order valence-electron chi connectivity index (χ3n) is 2.96. The van der Waals surface area contributed by atoms with Crippen LogP contribution in [-0.2, 0) is 0 Å². The highest BCUT2D eigenvalue weighted by Crippen LogP contribution is 2.33. The molecule has 4 heteroatoms. The molecular weight excluding hydrogens is 233 g/mol. The lowest BCUT2D eigenvalue weighted by atomic mass is 9.98. The third-order valence-corrected chi connectivity index (χ3v) is 2.96. The van der Waals surface area contributed by atoms with Crippen molar-refractivity contribution < 1.29 is 13.5 Å². The summed E-state index contributed by atoms with van der Waals surface area (Å²) < 4.78 is 24.5. The van der Waals surface area contributed by atoms with Crippen molar-refractivity contribution in [3.05, 3.63) is 52.7 Å². The molecule has 18 heavy (non-hydrogen) atoms. The molecule has 0 aliphatic carbocycles. The number of hydrogen-bond acceptors (Lipinski definition) is 3. The second-order valence-corrected chi connectivity index (χ2v) is 4.20. The first-order valence-electron chi connectivity index (χ1n) is 5.69. The van der Waals surface area contributed by atoms with Gasteiger partial charge >= 0.3 is 0 Å². The van der Waals surface area contributed by atoms with E-state index in [4.69, 9.17) is 14.9 Å². The standard InChI is InChI=1S/C14H16FNO2/c1-8-7-10(9(2)18-8)14(16)13-11(15)5-4-6-12(13)17-3/h4-7,14H,16H2,1-3H3. The van der Waals surface area contributed by atoms with Crippen molar-refractivity contribution in [2.24, 2.45) is 5.73 Å². The molecule has 0 aliphatic heterocycles. The minimum atomic E-state index is -0.599. The molecule has 0 saturated carbocycles. The molecule has 0 spiro atoms. The summed E-state index contributed by atoms with van der Waals surface area (Å²) in [5, 5.41) is 0. The van der Waals surface area contributed by atoms with E-state index in [9.17, 15) is 4.39 Å². The summed E-state index contributed by atoms with van der Waals surface area (Å²) in [7, 11) is 1.50. The van der Waals surface area contributed by atoms with Crippen LogP contribution in [0.2, 0.25) is 0 Å². The Bertz CT molecular complexity index is 563. The molecule has 2 N–H and O–H groups in total. The average Bonchev–Trinajstić information content (AvgIpc) is 2.67. The second kappa shape index (κ2) is 4.82. The number of rotatable bonds is 3. The largest absolute Gasteiger partial charge is 0.496 e. The van der Waals surface area contributed by atoms with E-state index in [1.165, 1.54) is 13.2 Å². The Morgan fingerprint density at radius 3 is 2.61 bits per heavy atom. The van der Waals surface area contributed by atoms with Crippen molar-refractivity contribution in [2.45, 2.75) is 19.9 Å². The molecule has 1 atom stereocenters. The molecule has 1 aromatic carbocycles. The Morgan fingerprint density at radius 2 is 2.06 bits per heavy atom. The van der Waals surface area contributed by atoms with Crippen molar-refractivity contribution in [1.82, 2.24) is 0 Å². The monoisotopic (exact) mass is 249 g/mol. The first-order valence-corrected chi connectivity index (χ1v) is 5.69. The molecular formula is C14H16FNO2. The summed E-state index contributed by atoms with van der Waals surface area (Å²) in [4.78, 5) is 0. The van der Waals surface area contributed by atoms with Crippen LogP contribution in [0.5, 0.6) is 5.75 Å². The molecule has 0 aliphatic rings. The van der Waals surface area contributed by atoms with Crippen LogP contribution in [0.4, 0.5) is 4.39 Å². The molecule has 2 aromatic rings. The van der Waals surface area contributed by atoms with Crippen LogP contribution >= 0.6 is 0 Å². The van der Waals surface area contributed by atoms with Gasteiger partial charge < -0.3 is 14.9 Å². The zero-order valence-corrected chi connectivity index (χ0v) is 10.7. The Labute approximate surface area is 105 Å². The predicted octanol–water partition coefficient (Wildman–Crippen LogP) is 3.09. The number of benzene rings is 1. The topological polar surface area (TPSA) is 48.4 Å². The number of aryl methyl sites for hydroxylation is 2. The van der Waals surface area contributed by atoms with E-state index in [0.717, 1.165) is 11.3 Å². The van der Waals surface area contributed by atoms with E-state index in [-0.39, 0.29) is 5.82 Å². The van der Waals surface area contributed by atoms with Gasteiger partial charge in [-0.3, -0.25) is 0 Å². The molecule has 1 heterocycles. The van der Waals surface area contributed by atoms with E-state index >= 15 is 0 Å². The number of methoxy groups -OCH3 is 1. The minimum absolute atomic E-state index is 0.351. The van der Waals surface area contributed by atoms with Crippen LogP contribution in [0, 0.1) is 19.7 Å².